The highest BCUT2D eigenvalue weighted by Gasteiger charge is 2.15. The smallest absolute Gasteiger partial charge is 0.407 e. The lowest BCUT2D eigenvalue weighted by atomic mass is 10.2. The van der Waals surface area contributed by atoms with E-state index >= 15 is 0 Å². The van der Waals surface area contributed by atoms with Gasteiger partial charge in [-0.15, -0.1) is 0 Å². The second kappa shape index (κ2) is 5.53. The van der Waals surface area contributed by atoms with Crippen LogP contribution in [0.3, 0.4) is 0 Å². The zero-order valence-electron chi connectivity index (χ0n) is 10.6. The molecule has 1 amide bonds. The van der Waals surface area contributed by atoms with Crippen LogP contribution in [0, 0.1) is 0 Å². The van der Waals surface area contributed by atoms with Gasteiger partial charge in [0.1, 0.15) is 10.2 Å². The summed E-state index contributed by atoms with van der Waals surface area (Å²) in [5.41, 5.74) is 0.457. The fraction of sp³-hybridized carbons (Fsp3) is 0.636. The molecule has 1 heterocycles. The minimum Gasteiger partial charge on any atom is -0.444 e. The van der Waals surface area contributed by atoms with Crippen LogP contribution in [0.5, 0.6) is 0 Å². The van der Waals surface area contributed by atoms with Crippen molar-refractivity contribution in [3.63, 3.8) is 0 Å². The Morgan fingerprint density at radius 2 is 2.24 bits per heavy atom. The molecule has 1 N–H and O–H groups in total. The van der Waals surface area contributed by atoms with E-state index in [9.17, 15) is 4.79 Å². The molecule has 1 aromatic rings. The maximum atomic E-state index is 11.4. The van der Waals surface area contributed by atoms with Gasteiger partial charge in [-0.05, 0) is 36.7 Å². The van der Waals surface area contributed by atoms with Gasteiger partial charge in [-0.1, -0.05) is 0 Å². The van der Waals surface area contributed by atoms with Crippen LogP contribution in [-0.2, 0) is 18.2 Å². The number of halogens is 1. The average molecular weight is 304 g/mol. The molecular weight excluding hydrogens is 286 g/mol. The van der Waals surface area contributed by atoms with Gasteiger partial charge in [0.15, 0.2) is 0 Å². The summed E-state index contributed by atoms with van der Waals surface area (Å²) in [6.45, 7) is 6.01. The Labute approximate surface area is 110 Å². The fourth-order valence-corrected chi connectivity index (χ4v) is 1.62. The van der Waals surface area contributed by atoms with Gasteiger partial charge in [0.2, 0.25) is 0 Å². The summed E-state index contributed by atoms with van der Waals surface area (Å²) in [7, 11) is 1.90. The van der Waals surface area contributed by atoms with E-state index < -0.39 is 11.7 Å². The summed E-state index contributed by atoms with van der Waals surface area (Å²) in [4.78, 5) is 15.6. The Hall–Kier alpha value is -1.04. The van der Waals surface area contributed by atoms with Gasteiger partial charge in [-0.3, -0.25) is 0 Å². The SMILES string of the molecule is Cn1cnc(CCNC(=O)OC(C)(C)C)c1Br. The lowest BCUT2D eigenvalue weighted by molar-refractivity contribution is 0.0528. The molecule has 5 nitrogen and oxygen atoms in total. The number of hydrogen-bond donors (Lipinski definition) is 1. The molecule has 0 aromatic carbocycles. The average Bonchev–Trinajstić information content (AvgIpc) is 2.46. The topological polar surface area (TPSA) is 56.2 Å². The number of rotatable bonds is 3. The highest BCUT2D eigenvalue weighted by Crippen LogP contribution is 2.14. The number of aryl methyl sites for hydroxylation is 1. The molecule has 0 bridgehead atoms. The molecule has 6 heteroatoms. The first-order valence-corrected chi connectivity index (χ1v) is 6.21. The van der Waals surface area contributed by atoms with Crippen molar-refractivity contribution in [2.75, 3.05) is 6.54 Å². The van der Waals surface area contributed by atoms with E-state index in [-0.39, 0.29) is 0 Å². The number of imidazole rings is 1. The third-order valence-corrected chi connectivity index (χ3v) is 2.98. The fourth-order valence-electron chi connectivity index (χ4n) is 1.23. The predicted octanol–water partition coefficient (Wildman–Crippen LogP) is 2.25. The van der Waals surface area contributed by atoms with Crippen molar-refractivity contribution in [2.45, 2.75) is 32.8 Å². The molecule has 0 aliphatic rings. The van der Waals surface area contributed by atoms with Crippen LogP contribution in [0.4, 0.5) is 4.79 Å². The Morgan fingerprint density at radius 3 is 2.71 bits per heavy atom. The van der Waals surface area contributed by atoms with E-state index in [2.05, 4.69) is 26.2 Å². The standard InChI is InChI=1S/C11H18BrN3O2/c1-11(2,3)17-10(16)13-6-5-8-9(12)15(4)7-14-8/h7H,5-6H2,1-4H3,(H,13,16). The van der Waals surface area contributed by atoms with E-state index in [0.29, 0.717) is 13.0 Å². The van der Waals surface area contributed by atoms with Gasteiger partial charge in [-0.25, -0.2) is 9.78 Å². The summed E-state index contributed by atoms with van der Waals surface area (Å²) in [5, 5.41) is 2.69. The quantitative estimate of drug-likeness (QED) is 0.932. The van der Waals surface area contributed by atoms with E-state index in [1.807, 2.05) is 32.4 Å². The van der Waals surface area contributed by atoms with E-state index in [4.69, 9.17) is 4.74 Å². The van der Waals surface area contributed by atoms with Gasteiger partial charge >= 0.3 is 6.09 Å². The molecule has 1 rings (SSSR count). The monoisotopic (exact) mass is 303 g/mol. The molecule has 0 aliphatic heterocycles. The lowest BCUT2D eigenvalue weighted by Crippen LogP contribution is -2.33. The number of hydrogen-bond acceptors (Lipinski definition) is 3. The third-order valence-electron chi connectivity index (χ3n) is 1.96. The maximum Gasteiger partial charge on any atom is 0.407 e. The normalized spacial score (nSPS) is 11.4. The number of alkyl carbamates (subject to hydrolysis) is 1. The summed E-state index contributed by atoms with van der Waals surface area (Å²) < 4.78 is 7.94. The number of aromatic nitrogens is 2. The second-order valence-electron chi connectivity index (χ2n) is 4.77. The first-order chi connectivity index (χ1) is 7.79. The zero-order valence-corrected chi connectivity index (χ0v) is 12.2. The molecule has 96 valence electrons. The van der Waals surface area contributed by atoms with Gasteiger partial charge in [-0.2, -0.15) is 0 Å². The molecule has 0 saturated carbocycles. The minimum atomic E-state index is -0.463. The summed E-state index contributed by atoms with van der Waals surface area (Å²) in [6, 6.07) is 0. The Morgan fingerprint density at radius 1 is 1.59 bits per heavy atom. The van der Waals surface area contributed by atoms with Gasteiger partial charge in [0, 0.05) is 20.0 Å². The number of amides is 1. The minimum absolute atomic E-state index is 0.399. The first-order valence-electron chi connectivity index (χ1n) is 5.42. The van der Waals surface area contributed by atoms with Crippen molar-refractivity contribution in [3.05, 3.63) is 16.6 Å². The Balaban J connectivity index is 2.34. The highest BCUT2D eigenvalue weighted by molar-refractivity contribution is 9.10. The molecule has 1 aromatic heterocycles. The molecule has 0 unspecified atom stereocenters. The molecule has 0 atom stereocenters. The van der Waals surface area contributed by atoms with E-state index in [1.54, 1.807) is 6.33 Å². The van der Waals surface area contributed by atoms with Crippen LogP contribution in [0.1, 0.15) is 26.5 Å². The molecule has 0 spiro atoms. The second-order valence-corrected chi connectivity index (χ2v) is 5.52. The molecule has 0 radical (unpaired) electrons. The summed E-state index contributed by atoms with van der Waals surface area (Å²) in [6.07, 6.45) is 2.00. The summed E-state index contributed by atoms with van der Waals surface area (Å²) >= 11 is 3.42. The number of nitrogens with zero attached hydrogens (tertiary/aromatic N) is 2. The molecule has 17 heavy (non-hydrogen) atoms. The number of ether oxygens (including phenoxy) is 1. The van der Waals surface area contributed by atoms with Crippen molar-refractivity contribution in [3.8, 4) is 0 Å². The lowest BCUT2D eigenvalue weighted by Gasteiger charge is -2.19. The zero-order chi connectivity index (χ0) is 13.1. The van der Waals surface area contributed by atoms with Crippen molar-refractivity contribution in [1.82, 2.24) is 14.9 Å². The van der Waals surface area contributed by atoms with Crippen LogP contribution in [0.15, 0.2) is 10.9 Å². The highest BCUT2D eigenvalue weighted by atomic mass is 79.9. The number of carbonyl (C=O) groups is 1. The predicted molar refractivity (Wildman–Crippen MR) is 68.8 cm³/mol. The van der Waals surface area contributed by atoms with Crippen molar-refractivity contribution in [1.29, 1.82) is 0 Å². The Kier molecular flexibility index (Phi) is 4.56. The molecule has 0 fully saturated rings. The van der Waals surface area contributed by atoms with Crippen LogP contribution >= 0.6 is 15.9 Å². The van der Waals surface area contributed by atoms with Crippen LogP contribution < -0.4 is 5.32 Å². The van der Waals surface area contributed by atoms with Gasteiger partial charge < -0.3 is 14.6 Å². The molecular formula is C11H18BrN3O2. The van der Waals surface area contributed by atoms with Gasteiger partial charge in [0.25, 0.3) is 0 Å². The van der Waals surface area contributed by atoms with Crippen LogP contribution in [-0.4, -0.2) is 27.8 Å². The first kappa shape index (κ1) is 14.0. The van der Waals surface area contributed by atoms with Gasteiger partial charge in [0.05, 0.1) is 12.0 Å². The van der Waals surface area contributed by atoms with Crippen molar-refractivity contribution >= 4 is 22.0 Å². The molecule has 0 aliphatic carbocycles. The van der Waals surface area contributed by atoms with E-state index in [1.165, 1.54) is 0 Å². The van der Waals surface area contributed by atoms with Crippen LogP contribution in [0.2, 0.25) is 0 Å². The van der Waals surface area contributed by atoms with Crippen molar-refractivity contribution in [2.24, 2.45) is 7.05 Å². The Bertz CT molecular complexity index is 396. The van der Waals surface area contributed by atoms with Crippen LogP contribution in [0.25, 0.3) is 0 Å². The van der Waals surface area contributed by atoms with E-state index in [0.717, 1.165) is 10.3 Å². The largest absolute Gasteiger partial charge is 0.444 e. The van der Waals surface area contributed by atoms with Crippen molar-refractivity contribution < 1.29 is 9.53 Å². The number of nitrogens with one attached hydrogen (secondary N) is 1. The summed E-state index contributed by atoms with van der Waals surface area (Å²) in [5.74, 6) is 0. The third kappa shape index (κ3) is 4.77. The number of carbonyl (C=O) groups excluding carboxylic acids is 1. The molecule has 0 saturated heterocycles. The maximum absolute atomic E-state index is 11.4.